The first-order valence-electron chi connectivity index (χ1n) is 7.08. The first-order chi connectivity index (χ1) is 10.1. The zero-order valence-electron chi connectivity index (χ0n) is 11.8. The third kappa shape index (κ3) is 3.81. The summed E-state index contributed by atoms with van der Waals surface area (Å²) in [5.41, 5.74) is 6.13. The highest BCUT2D eigenvalue weighted by Gasteiger charge is 2.24. The summed E-state index contributed by atoms with van der Waals surface area (Å²) in [4.78, 5) is 37.4. The summed E-state index contributed by atoms with van der Waals surface area (Å²) >= 11 is 0. The van der Waals surface area contributed by atoms with Crippen molar-refractivity contribution in [2.24, 2.45) is 0 Å². The number of nitrogens with zero attached hydrogens (tertiary/aromatic N) is 1. The van der Waals surface area contributed by atoms with Crippen LogP contribution in [0.4, 0.5) is 5.69 Å². The number of para-hydroxylation sites is 1. The Balaban J connectivity index is 1.98. The number of nitrogens with one attached hydrogen (secondary N) is 1. The van der Waals surface area contributed by atoms with Crippen molar-refractivity contribution < 1.29 is 14.4 Å². The highest BCUT2D eigenvalue weighted by atomic mass is 16.2. The lowest BCUT2D eigenvalue weighted by Crippen LogP contribution is -2.45. The van der Waals surface area contributed by atoms with Gasteiger partial charge in [0, 0.05) is 18.8 Å². The number of nitrogen functional groups attached to an aromatic ring is 1. The summed E-state index contributed by atoms with van der Waals surface area (Å²) in [6, 6.07) is 6.41. The van der Waals surface area contributed by atoms with Gasteiger partial charge in [-0.25, -0.2) is 0 Å². The summed E-state index contributed by atoms with van der Waals surface area (Å²) in [6.45, 7) is 1.13. The first-order valence-corrected chi connectivity index (χ1v) is 7.08. The van der Waals surface area contributed by atoms with Gasteiger partial charge < -0.3 is 10.6 Å². The molecule has 1 aromatic rings. The van der Waals surface area contributed by atoms with E-state index in [9.17, 15) is 14.4 Å². The van der Waals surface area contributed by atoms with Gasteiger partial charge in [-0.3, -0.25) is 19.7 Å². The number of carbonyl (C=O) groups is 3. The molecule has 1 aliphatic heterocycles. The Labute approximate surface area is 123 Å². The van der Waals surface area contributed by atoms with E-state index in [-0.39, 0.29) is 11.3 Å². The van der Waals surface area contributed by atoms with E-state index in [0.29, 0.717) is 13.1 Å². The summed E-state index contributed by atoms with van der Waals surface area (Å²) in [6.07, 6.45) is 3.90. The highest BCUT2D eigenvalue weighted by molar-refractivity contribution is 6.38. The minimum Gasteiger partial charge on any atom is -0.398 e. The fourth-order valence-corrected chi connectivity index (χ4v) is 2.35. The number of benzene rings is 1. The molecule has 1 fully saturated rings. The molecule has 112 valence electrons. The summed E-state index contributed by atoms with van der Waals surface area (Å²) < 4.78 is 0. The highest BCUT2D eigenvalue weighted by Crippen LogP contribution is 2.11. The van der Waals surface area contributed by atoms with Crippen LogP contribution in [0.2, 0.25) is 0 Å². The minimum atomic E-state index is -0.898. The van der Waals surface area contributed by atoms with Crippen LogP contribution in [0.3, 0.4) is 0 Å². The van der Waals surface area contributed by atoms with Crippen molar-refractivity contribution in [3.8, 4) is 0 Å². The van der Waals surface area contributed by atoms with E-state index in [4.69, 9.17) is 5.73 Å². The molecule has 0 unspecified atom stereocenters. The number of rotatable bonds is 1. The van der Waals surface area contributed by atoms with Gasteiger partial charge in [-0.2, -0.15) is 0 Å². The second-order valence-electron chi connectivity index (χ2n) is 5.08. The molecule has 1 heterocycles. The Bertz CT molecular complexity index is 549. The van der Waals surface area contributed by atoms with Crippen molar-refractivity contribution in [3.63, 3.8) is 0 Å². The third-order valence-corrected chi connectivity index (χ3v) is 3.52. The monoisotopic (exact) mass is 289 g/mol. The molecule has 0 aromatic heterocycles. The van der Waals surface area contributed by atoms with Crippen molar-refractivity contribution >= 4 is 23.4 Å². The topological polar surface area (TPSA) is 92.5 Å². The minimum absolute atomic E-state index is 0.189. The molecule has 0 radical (unpaired) electrons. The lowest BCUT2D eigenvalue weighted by Gasteiger charge is -2.19. The van der Waals surface area contributed by atoms with Gasteiger partial charge in [-0.1, -0.05) is 25.0 Å². The van der Waals surface area contributed by atoms with Gasteiger partial charge in [0.15, 0.2) is 0 Å². The molecule has 0 atom stereocenters. The zero-order chi connectivity index (χ0) is 15.2. The van der Waals surface area contributed by atoms with Gasteiger partial charge in [-0.15, -0.1) is 0 Å². The quantitative estimate of drug-likeness (QED) is 0.594. The molecular formula is C15H19N3O3. The maximum absolute atomic E-state index is 12.0. The lowest BCUT2D eigenvalue weighted by atomic mass is 10.1. The van der Waals surface area contributed by atoms with Crippen LogP contribution in [0.5, 0.6) is 0 Å². The van der Waals surface area contributed by atoms with Crippen molar-refractivity contribution in [1.29, 1.82) is 0 Å². The molecule has 0 saturated carbocycles. The smallest absolute Gasteiger partial charge is 0.316 e. The van der Waals surface area contributed by atoms with E-state index in [1.807, 2.05) is 0 Å². The van der Waals surface area contributed by atoms with E-state index < -0.39 is 17.7 Å². The van der Waals surface area contributed by atoms with Crippen LogP contribution in [0, 0.1) is 0 Å². The number of amides is 3. The fourth-order valence-electron chi connectivity index (χ4n) is 2.35. The van der Waals surface area contributed by atoms with E-state index >= 15 is 0 Å². The Morgan fingerprint density at radius 1 is 1.00 bits per heavy atom. The molecule has 6 heteroatoms. The predicted molar refractivity (Wildman–Crippen MR) is 78.4 cm³/mol. The van der Waals surface area contributed by atoms with Crippen LogP contribution in [-0.4, -0.2) is 35.7 Å². The molecule has 0 spiro atoms. The van der Waals surface area contributed by atoms with Crippen molar-refractivity contribution in [3.05, 3.63) is 29.8 Å². The van der Waals surface area contributed by atoms with Crippen LogP contribution in [0.25, 0.3) is 0 Å². The van der Waals surface area contributed by atoms with Gasteiger partial charge in [0.2, 0.25) is 0 Å². The van der Waals surface area contributed by atoms with Crippen LogP contribution in [0.1, 0.15) is 36.0 Å². The molecule has 21 heavy (non-hydrogen) atoms. The molecule has 3 amide bonds. The normalized spacial score (nSPS) is 15.1. The Morgan fingerprint density at radius 2 is 1.62 bits per heavy atom. The summed E-state index contributed by atoms with van der Waals surface area (Å²) in [5.74, 6) is -2.20. The molecule has 1 aromatic carbocycles. The number of carbonyl (C=O) groups excluding carboxylic acids is 3. The van der Waals surface area contributed by atoms with Crippen LogP contribution in [0.15, 0.2) is 24.3 Å². The molecule has 3 N–H and O–H groups in total. The number of likely N-dealkylation sites (tertiary alicyclic amines) is 1. The standard InChI is InChI=1S/C15H19N3O3/c16-12-8-4-3-7-11(12)13(19)17-14(20)15(21)18-9-5-1-2-6-10-18/h3-4,7-8H,1-2,5-6,9-10,16H2,(H,17,19,20). The van der Waals surface area contributed by atoms with Gasteiger partial charge in [0.25, 0.3) is 5.91 Å². The second kappa shape index (κ2) is 6.88. The summed E-state index contributed by atoms with van der Waals surface area (Å²) in [5, 5.41) is 2.11. The van der Waals surface area contributed by atoms with Gasteiger partial charge in [-0.05, 0) is 25.0 Å². The van der Waals surface area contributed by atoms with E-state index in [0.717, 1.165) is 25.7 Å². The van der Waals surface area contributed by atoms with E-state index in [1.54, 1.807) is 18.2 Å². The van der Waals surface area contributed by atoms with Crippen LogP contribution >= 0.6 is 0 Å². The number of hydrogen-bond donors (Lipinski definition) is 2. The molecule has 0 aliphatic carbocycles. The summed E-state index contributed by atoms with van der Waals surface area (Å²) in [7, 11) is 0. The molecule has 1 saturated heterocycles. The van der Waals surface area contributed by atoms with Crippen molar-refractivity contribution in [2.75, 3.05) is 18.8 Å². The van der Waals surface area contributed by atoms with Crippen LogP contribution in [-0.2, 0) is 9.59 Å². The number of nitrogens with two attached hydrogens (primary N) is 1. The lowest BCUT2D eigenvalue weighted by molar-refractivity contribution is -0.145. The fraction of sp³-hybridized carbons (Fsp3) is 0.400. The zero-order valence-corrected chi connectivity index (χ0v) is 11.8. The largest absolute Gasteiger partial charge is 0.398 e. The predicted octanol–water partition coefficient (Wildman–Crippen LogP) is 0.928. The van der Waals surface area contributed by atoms with Gasteiger partial charge in [0.1, 0.15) is 0 Å². The van der Waals surface area contributed by atoms with Crippen molar-refractivity contribution in [1.82, 2.24) is 10.2 Å². The maximum atomic E-state index is 12.0. The first kappa shape index (κ1) is 15.0. The average Bonchev–Trinajstić information content (AvgIpc) is 2.75. The van der Waals surface area contributed by atoms with E-state index in [2.05, 4.69) is 5.32 Å². The molecule has 2 rings (SSSR count). The molecular weight excluding hydrogens is 270 g/mol. The number of anilines is 1. The van der Waals surface area contributed by atoms with Gasteiger partial charge >= 0.3 is 11.8 Å². The third-order valence-electron chi connectivity index (χ3n) is 3.52. The SMILES string of the molecule is Nc1ccccc1C(=O)NC(=O)C(=O)N1CCCCCC1. The molecule has 1 aliphatic rings. The van der Waals surface area contributed by atoms with Crippen molar-refractivity contribution in [2.45, 2.75) is 25.7 Å². The number of hydrogen-bond acceptors (Lipinski definition) is 4. The Morgan fingerprint density at radius 3 is 2.24 bits per heavy atom. The molecule has 0 bridgehead atoms. The van der Waals surface area contributed by atoms with Crippen LogP contribution < -0.4 is 11.1 Å². The van der Waals surface area contributed by atoms with E-state index in [1.165, 1.54) is 11.0 Å². The number of imide groups is 1. The Hall–Kier alpha value is -2.37. The average molecular weight is 289 g/mol. The second-order valence-corrected chi connectivity index (χ2v) is 5.08. The Kier molecular flexibility index (Phi) is 4.92. The maximum Gasteiger partial charge on any atom is 0.316 e. The molecule has 6 nitrogen and oxygen atoms in total. The van der Waals surface area contributed by atoms with Gasteiger partial charge in [0.05, 0.1) is 5.56 Å².